The molecule has 0 spiro atoms. The Morgan fingerprint density at radius 1 is 1.47 bits per heavy atom. The number of likely N-dealkylation sites (tertiary alicyclic amines) is 1. The summed E-state index contributed by atoms with van der Waals surface area (Å²) in [4.78, 5) is 26.8. The smallest absolute Gasteiger partial charge is 0.329 e. The van der Waals surface area contributed by atoms with Crippen LogP contribution >= 0.6 is 0 Å². The molecule has 0 saturated carbocycles. The second kappa shape index (κ2) is 5.49. The van der Waals surface area contributed by atoms with E-state index in [4.69, 9.17) is 0 Å². The van der Waals surface area contributed by atoms with Gasteiger partial charge in [0.15, 0.2) is 0 Å². The van der Waals surface area contributed by atoms with Crippen molar-refractivity contribution in [1.82, 2.24) is 9.80 Å². The Kier molecular flexibility index (Phi) is 4.51. The van der Waals surface area contributed by atoms with Crippen LogP contribution in [0.2, 0.25) is 0 Å². The average molecular weight is 242 g/mol. The fourth-order valence-corrected chi connectivity index (χ4v) is 2.36. The summed E-state index contributed by atoms with van der Waals surface area (Å²) in [5, 5.41) is 9.22. The number of carboxylic acid groups (broad SMARTS) is 1. The molecule has 0 radical (unpaired) electrons. The molecule has 1 fully saturated rings. The van der Waals surface area contributed by atoms with Crippen LogP contribution in [0, 0.1) is 0 Å². The standard InChI is InChI=1S/C12H22N2O3/c1-4-7-13(3)9-10(15)14-8-5-6-12(14,2)11(16)17/h4-9H2,1-3H3,(H,16,17)/t12-/m0/s1. The lowest BCUT2D eigenvalue weighted by atomic mass is 9.99. The zero-order chi connectivity index (χ0) is 13.1. The molecule has 17 heavy (non-hydrogen) atoms. The number of hydrogen-bond donors (Lipinski definition) is 1. The summed E-state index contributed by atoms with van der Waals surface area (Å²) >= 11 is 0. The van der Waals surface area contributed by atoms with E-state index < -0.39 is 11.5 Å². The van der Waals surface area contributed by atoms with E-state index in [9.17, 15) is 14.7 Å². The first kappa shape index (κ1) is 14.0. The number of aliphatic carboxylic acids is 1. The normalized spacial score (nSPS) is 24.4. The molecule has 0 aromatic rings. The topological polar surface area (TPSA) is 60.9 Å². The van der Waals surface area contributed by atoms with Gasteiger partial charge in [-0.25, -0.2) is 4.79 Å². The molecule has 5 nitrogen and oxygen atoms in total. The molecule has 1 N–H and O–H groups in total. The Bertz CT molecular complexity index is 306. The van der Waals surface area contributed by atoms with E-state index in [-0.39, 0.29) is 5.91 Å². The van der Waals surface area contributed by atoms with E-state index in [1.807, 2.05) is 11.9 Å². The Hall–Kier alpha value is -1.10. The molecule has 5 heteroatoms. The Labute approximate surface area is 102 Å². The SMILES string of the molecule is CCCN(C)CC(=O)N1CCC[C@@]1(C)C(=O)O. The van der Waals surface area contributed by atoms with Crippen molar-refractivity contribution >= 4 is 11.9 Å². The number of carboxylic acids is 1. The first-order valence-electron chi connectivity index (χ1n) is 6.14. The highest BCUT2D eigenvalue weighted by molar-refractivity contribution is 5.88. The third-order valence-electron chi connectivity index (χ3n) is 3.41. The number of hydrogen-bond acceptors (Lipinski definition) is 3. The number of carbonyl (C=O) groups excluding carboxylic acids is 1. The molecule has 1 rings (SSSR count). The van der Waals surface area contributed by atoms with Gasteiger partial charge in [-0.15, -0.1) is 0 Å². The molecule has 1 aliphatic heterocycles. The number of likely N-dealkylation sites (N-methyl/N-ethyl adjacent to an activating group) is 1. The Morgan fingerprint density at radius 2 is 2.12 bits per heavy atom. The van der Waals surface area contributed by atoms with Gasteiger partial charge in [0.2, 0.25) is 5.91 Å². The van der Waals surface area contributed by atoms with Crippen LogP contribution in [0.25, 0.3) is 0 Å². The van der Waals surface area contributed by atoms with Crippen molar-refractivity contribution in [1.29, 1.82) is 0 Å². The fraction of sp³-hybridized carbons (Fsp3) is 0.833. The highest BCUT2D eigenvalue weighted by atomic mass is 16.4. The Balaban J connectivity index is 2.65. The summed E-state index contributed by atoms with van der Waals surface area (Å²) in [7, 11) is 1.88. The molecular weight excluding hydrogens is 220 g/mol. The molecule has 1 aliphatic rings. The maximum Gasteiger partial charge on any atom is 0.329 e. The first-order valence-corrected chi connectivity index (χ1v) is 6.14. The van der Waals surface area contributed by atoms with Gasteiger partial charge in [0.25, 0.3) is 0 Å². The molecule has 1 atom stereocenters. The summed E-state index contributed by atoms with van der Waals surface area (Å²) < 4.78 is 0. The van der Waals surface area contributed by atoms with Crippen LogP contribution in [0.5, 0.6) is 0 Å². The van der Waals surface area contributed by atoms with Crippen molar-refractivity contribution in [2.75, 3.05) is 26.7 Å². The summed E-state index contributed by atoms with van der Waals surface area (Å²) in [5.74, 6) is -0.982. The van der Waals surface area contributed by atoms with Gasteiger partial charge in [-0.2, -0.15) is 0 Å². The molecular formula is C12H22N2O3. The van der Waals surface area contributed by atoms with E-state index in [0.29, 0.717) is 19.5 Å². The molecule has 1 heterocycles. The van der Waals surface area contributed by atoms with E-state index in [2.05, 4.69) is 6.92 Å². The number of nitrogens with zero attached hydrogens (tertiary/aromatic N) is 2. The highest BCUT2D eigenvalue weighted by Gasteiger charge is 2.45. The quantitative estimate of drug-likeness (QED) is 0.774. The van der Waals surface area contributed by atoms with Gasteiger partial charge in [-0.1, -0.05) is 6.92 Å². The van der Waals surface area contributed by atoms with Crippen LogP contribution in [0.15, 0.2) is 0 Å². The maximum absolute atomic E-state index is 12.1. The third-order valence-corrected chi connectivity index (χ3v) is 3.41. The molecule has 0 aromatic heterocycles. The second-order valence-electron chi connectivity index (χ2n) is 4.97. The average Bonchev–Trinajstić information content (AvgIpc) is 2.62. The largest absolute Gasteiger partial charge is 0.480 e. The maximum atomic E-state index is 12.1. The van der Waals surface area contributed by atoms with E-state index in [0.717, 1.165) is 19.4 Å². The van der Waals surface area contributed by atoms with Crippen molar-refractivity contribution in [3.63, 3.8) is 0 Å². The summed E-state index contributed by atoms with van der Waals surface area (Å²) in [5.41, 5.74) is -1.01. The van der Waals surface area contributed by atoms with E-state index in [1.165, 1.54) is 4.90 Å². The van der Waals surface area contributed by atoms with Crippen LogP contribution in [0.1, 0.15) is 33.1 Å². The Morgan fingerprint density at radius 3 is 2.65 bits per heavy atom. The molecule has 0 aliphatic carbocycles. The molecule has 1 saturated heterocycles. The zero-order valence-electron chi connectivity index (χ0n) is 10.9. The number of rotatable bonds is 5. The fourth-order valence-electron chi connectivity index (χ4n) is 2.36. The van der Waals surface area contributed by atoms with Gasteiger partial charge in [-0.05, 0) is 39.8 Å². The summed E-state index contributed by atoms with van der Waals surface area (Å²) in [6.45, 7) is 5.40. The van der Waals surface area contributed by atoms with Crippen molar-refractivity contribution in [2.45, 2.75) is 38.6 Å². The van der Waals surface area contributed by atoms with Gasteiger partial charge in [-0.3, -0.25) is 9.69 Å². The predicted molar refractivity (Wildman–Crippen MR) is 64.8 cm³/mol. The van der Waals surface area contributed by atoms with Crippen LogP contribution < -0.4 is 0 Å². The lowest BCUT2D eigenvalue weighted by Gasteiger charge is -2.32. The summed E-state index contributed by atoms with van der Waals surface area (Å²) in [6.07, 6.45) is 2.30. The number of carbonyl (C=O) groups is 2. The van der Waals surface area contributed by atoms with Crippen molar-refractivity contribution in [2.24, 2.45) is 0 Å². The van der Waals surface area contributed by atoms with Gasteiger partial charge < -0.3 is 10.0 Å². The van der Waals surface area contributed by atoms with Crippen molar-refractivity contribution < 1.29 is 14.7 Å². The van der Waals surface area contributed by atoms with Crippen LogP contribution in [-0.4, -0.2) is 59.0 Å². The summed E-state index contributed by atoms with van der Waals surface area (Å²) in [6, 6.07) is 0. The zero-order valence-corrected chi connectivity index (χ0v) is 10.9. The predicted octanol–water partition coefficient (Wildman–Crippen LogP) is 0.794. The van der Waals surface area contributed by atoms with Crippen LogP contribution in [-0.2, 0) is 9.59 Å². The third kappa shape index (κ3) is 2.97. The highest BCUT2D eigenvalue weighted by Crippen LogP contribution is 2.29. The van der Waals surface area contributed by atoms with Crippen LogP contribution in [0.4, 0.5) is 0 Å². The minimum absolute atomic E-state index is 0.0802. The van der Waals surface area contributed by atoms with Gasteiger partial charge in [0.1, 0.15) is 5.54 Å². The molecule has 0 bridgehead atoms. The van der Waals surface area contributed by atoms with E-state index in [1.54, 1.807) is 6.92 Å². The monoisotopic (exact) mass is 242 g/mol. The lowest BCUT2D eigenvalue weighted by Crippen LogP contribution is -2.53. The van der Waals surface area contributed by atoms with E-state index >= 15 is 0 Å². The number of amides is 1. The van der Waals surface area contributed by atoms with Gasteiger partial charge in [0, 0.05) is 6.54 Å². The molecule has 0 unspecified atom stereocenters. The first-order chi connectivity index (χ1) is 7.91. The molecule has 0 aromatic carbocycles. The van der Waals surface area contributed by atoms with Crippen LogP contribution in [0.3, 0.4) is 0 Å². The molecule has 98 valence electrons. The van der Waals surface area contributed by atoms with Gasteiger partial charge in [0.05, 0.1) is 6.54 Å². The molecule has 1 amide bonds. The van der Waals surface area contributed by atoms with Crippen molar-refractivity contribution in [3.05, 3.63) is 0 Å². The van der Waals surface area contributed by atoms with Gasteiger partial charge >= 0.3 is 5.97 Å². The van der Waals surface area contributed by atoms with Crippen molar-refractivity contribution in [3.8, 4) is 0 Å². The minimum Gasteiger partial charge on any atom is -0.480 e. The lowest BCUT2D eigenvalue weighted by molar-refractivity contribution is -0.155. The second-order valence-corrected chi connectivity index (χ2v) is 4.97. The minimum atomic E-state index is -1.01.